The number of hydrogen-bond donors (Lipinski definition) is 0. The highest BCUT2D eigenvalue weighted by Gasteiger charge is 2.34. The van der Waals surface area contributed by atoms with Gasteiger partial charge in [0.2, 0.25) is 0 Å². The fraction of sp³-hybridized carbons (Fsp3) is 1.00. The van der Waals surface area contributed by atoms with Crippen molar-refractivity contribution in [2.45, 2.75) is 44.7 Å². The molecule has 0 aromatic rings. The van der Waals surface area contributed by atoms with Crippen molar-refractivity contribution in [2.75, 3.05) is 19.6 Å². The van der Waals surface area contributed by atoms with Gasteiger partial charge in [-0.25, -0.2) is 0 Å². The molecule has 2 radical (unpaired) electrons. The molecular weight excluding hydrogens is 268 g/mol. The van der Waals surface area contributed by atoms with Crippen molar-refractivity contribution in [3.63, 3.8) is 0 Å². The minimum Gasteiger partial charge on any atom is -0.365 e. The lowest BCUT2D eigenvalue weighted by Gasteiger charge is -2.21. The number of ether oxygens (including phenoxy) is 1. The van der Waals surface area contributed by atoms with Crippen LogP contribution in [0.3, 0.4) is 0 Å². The van der Waals surface area contributed by atoms with Crippen LogP contribution in [0.4, 0.5) is 0 Å². The average molecular weight is 287 g/mol. The molecule has 3 atom stereocenters. The molecule has 0 amide bonds. The van der Waals surface area contributed by atoms with Crippen molar-refractivity contribution in [2.24, 2.45) is 5.11 Å². The van der Waals surface area contributed by atoms with Gasteiger partial charge in [-0.3, -0.25) is 4.57 Å². The SMILES string of the molecule is [B]C1CC(N=[N+]=[N-])C(OCP(=O)(OCC)OCC)C1. The predicted molar refractivity (Wildman–Crippen MR) is 72.3 cm³/mol. The van der Waals surface area contributed by atoms with Crippen LogP contribution >= 0.6 is 7.60 Å². The lowest BCUT2D eigenvalue weighted by molar-refractivity contribution is 0.0611. The van der Waals surface area contributed by atoms with E-state index in [9.17, 15) is 4.57 Å². The zero-order valence-electron chi connectivity index (χ0n) is 11.3. The molecule has 1 rings (SSSR count). The van der Waals surface area contributed by atoms with Gasteiger partial charge >= 0.3 is 7.60 Å². The minimum atomic E-state index is -3.23. The van der Waals surface area contributed by atoms with Crippen LogP contribution in [0.5, 0.6) is 0 Å². The van der Waals surface area contributed by atoms with Crippen molar-refractivity contribution >= 4 is 15.4 Å². The molecule has 1 aliphatic rings. The van der Waals surface area contributed by atoms with Gasteiger partial charge in [-0.2, -0.15) is 0 Å². The Kier molecular flexibility index (Phi) is 6.90. The Morgan fingerprint density at radius 2 is 2.00 bits per heavy atom. The zero-order valence-corrected chi connectivity index (χ0v) is 12.2. The van der Waals surface area contributed by atoms with E-state index < -0.39 is 7.60 Å². The van der Waals surface area contributed by atoms with E-state index in [0.717, 1.165) is 0 Å². The molecule has 0 spiro atoms. The Morgan fingerprint density at radius 3 is 2.53 bits per heavy atom. The summed E-state index contributed by atoms with van der Waals surface area (Å²) in [6.07, 6.45) is 0.661. The summed E-state index contributed by atoms with van der Waals surface area (Å²) in [5.41, 5.74) is 8.49. The number of nitrogens with zero attached hydrogens (tertiary/aromatic N) is 3. The first-order chi connectivity index (χ1) is 9.04. The molecule has 0 heterocycles. The first-order valence-corrected chi connectivity index (χ1v) is 8.07. The van der Waals surface area contributed by atoms with Gasteiger partial charge < -0.3 is 13.8 Å². The van der Waals surface area contributed by atoms with Gasteiger partial charge in [0.15, 0.2) is 0 Å². The fourth-order valence-electron chi connectivity index (χ4n) is 2.07. The molecule has 1 fully saturated rings. The molecule has 0 aliphatic heterocycles. The minimum absolute atomic E-state index is 0.0703. The van der Waals surface area contributed by atoms with Gasteiger partial charge in [0.05, 0.1) is 33.2 Å². The van der Waals surface area contributed by atoms with E-state index in [4.69, 9.17) is 27.2 Å². The summed E-state index contributed by atoms with van der Waals surface area (Å²) in [6.45, 7) is 4.04. The summed E-state index contributed by atoms with van der Waals surface area (Å²) in [4.78, 5) is 2.78. The molecule has 1 aliphatic carbocycles. The van der Waals surface area contributed by atoms with Crippen LogP contribution in [0.15, 0.2) is 5.11 Å². The third-order valence-electron chi connectivity index (χ3n) is 2.81. The third kappa shape index (κ3) is 5.17. The summed E-state index contributed by atoms with van der Waals surface area (Å²) in [5.74, 6) is -0.0703. The quantitative estimate of drug-likeness (QED) is 0.225. The number of rotatable bonds is 8. The van der Waals surface area contributed by atoms with Crippen molar-refractivity contribution in [3.05, 3.63) is 10.4 Å². The van der Waals surface area contributed by atoms with E-state index in [-0.39, 0.29) is 37.5 Å². The van der Waals surface area contributed by atoms with Gasteiger partial charge in [0.25, 0.3) is 0 Å². The molecule has 19 heavy (non-hydrogen) atoms. The second-order valence-corrected chi connectivity index (χ2v) is 6.28. The molecule has 106 valence electrons. The molecule has 0 saturated heterocycles. The van der Waals surface area contributed by atoms with Crippen molar-refractivity contribution in [1.82, 2.24) is 0 Å². The third-order valence-corrected chi connectivity index (χ3v) is 4.58. The topological polar surface area (TPSA) is 93.5 Å². The van der Waals surface area contributed by atoms with Gasteiger partial charge in [-0.1, -0.05) is 10.9 Å². The second-order valence-electron chi connectivity index (χ2n) is 4.28. The first kappa shape index (κ1) is 16.5. The summed E-state index contributed by atoms with van der Waals surface area (Å²) in [5, 5.41) is 3.65. The van der Waals surface area contributed by atoms with E-state index in [0.29, 0.717) is 12.8 Å². The van der Waals surface area contributed by atoms with E-state index in [1.807, 2.05) is 0 Å². The van der Waals surface area contributed by atoms with Gasteiger partial charge in [0.1, 0.15) is 6.35 Å². The normalized spacial score (nSPS) is 27.2. The lowest BCUT2D eigenvalue weighted by atomic mass is 9.86. The zero-order chi connectivity index (χ0) is 14.3. The number of hydrogen-bond acceptors (Lipinski definition) is 5. The monoisotopic (exact) mass is 287 g/mol. The van der Waals surface area contributed by atoms with Crippen LogP contribution in [0.2, 0.25) is 5.82 Å². The molecule has 0 N–H and O–H groups in total. The molecular formula is C10H19BN3O4P. The van der Waals surface area contributed by atoms with Crippen LogP contribution in [0.1, 0.15) is 26.7 Å². The first-order valence-electron chi connectivity index (χ1n) is 6.34. The van der Waals surface area contributed by atoms with Crippen LogP contribution in [-0.4, -0.2) is 39.6 Å². The lowest BCUT2D eigenvalue weighted by Crippen LogP contribution is -2.22. The molecule has 9 heteroatoms. The maximum Gasteiger partial charge on any atom is 0.356 e. The highest BCUT2D eigenvalue weighted by atomic mass is 31.2. The van der Waals surface area contributed by atoms with E-state index in [1.54, 1.807) is 13.8 Å². The second kappa shape index (κ2) is 7.93. The summed E-state index contributed by atoms with van der Waals surface area (Å²) >= 11 is 0. The Hall–Kier alpha value is -0.515. The van der Waals surface area contributed by atoms with E-state index in [1.165, 1.54) is 0 Å². The Balaban J connectivity index is 2.57. The Morgan fingerprint density at radius 1 is 1.37 bits per heavy atom. The molecule has 7 nitrogen and oxygen atoms in total. The standard InChI is InChI=1S/C10H19BN3O4P/c1-3-17-19(15,18-4-2)7-16-10-6-8(11)5-9(10)13-14-12/h8-10H,3-7H2,1-2H3. The number of azide groups is 1. The molecule has 1 saturated carbocycles. The molecule has 3 unspecified atom stereocenters. The van der Waals surface area contributed by atoms with Crippen molar-refractivity contribution in [1.29, 1.82) is 0 Å². The predicted octanol–water partition coefficient (Wildman–Crippen LogP) is 3.02. The largest absolute Gasteiger partial charge is 0.365 e. The summed E-state index contributed by atoms with van der Waals surface area (Å²) < 4.78 is 28.0. The van der Waals surface area contributed by atoms with E-state index in [2.05, 4.69) is 10.0 Å². The van der Waals surface area contributed by atoms with Gasteiger partial charge in [0, 0.05) is 4.91 Å². The average Bonchev–Trinajstić information content (AvgIpc) is 2.68. The molecule has 0 aromatic heterocycles. The molecule has 0 aromatic carbocycles. The maximum absolute atomic E-state index is 12.2. The van der Waals surface area contributed by atoms with E-state index >= 15 is 0 Å². The van der Waals surface area contributed by atoms with Gasteiger partial charge in [-0.15, -0.1) is 0 Å². The van der Waals surface area contributed by atoms with Crippen LogP contribution in [-0.2, 0) is 18.3 Å². The van der Waals surface area contributed by atoms with Crippen LogP contribution < -0.4 is 0 Å². The summed E-state index contributed by atoms with van der Waals surface area (Å²) in [6, 6.07) is -0.322. The Labute approximate surface area is 114 Å². The van der Waals surface area contributed by atoms with Crippen LogP contribution in [0, 0.1) is 0 Å². The fourth-order valence-corrected chi connectivity index (χ4v) is 3.46. The Bertz CT molecular complexity index is 368. The molecule has 0 bridgehead atoms. The van der Waals surface area contributed by atoms with Crippen LogP contribution in [0.25, 0.3) is 10.4 Å². The highest BCUT2D eigenvalue weighted by Crippen LogP contribution is 2.49. The highest BCUT2D eigenvalue weighted by molar-refractivity contribution is 7.53. The van der Waals surface area contributed by atoms with Gasteiger partial charge in [-0.05, 0) is 32.2 Å². The van der Waals surface area contributed by atoms with Crippen molar-refractivity contribution in [3.8, 4) is 0 Å². The summed E-state index contributed by atoms with van der Waals surface area (Å²) in [7, 11) is 2.57. The van der Waals surface area contributed by atoms with Crippen molar-refractivity contribution < 1.29 is 18.3 Å². The smallest absolute Gasteiger partial charge is 0.356 e. The maximum atomic E-state index is 12.2.